The fraction of sp³-hybridized carbons (Fsp3) is 0.0952. The molecule has 0 aliphatic heterocycles. The minimum Gasteiger partial charge on any atom is -0.366 e. The van der Waals surface area contributed by atoms with Crippen LogP contribution in [0.5, 0.6) is 0 Å². The second kappa shape index (κ2) is 7.29. The molecular formula is C21H19N5O. The fourth-order valence-electron chi connectivity index (χ4n) is 2.93. The topological polar surface area (TPSA) is 71.3 Å². The van der Waals surface area contributed by atoms with Gasteiger partial charge in [0.15, 0.2) is 5.65 Å². The maximum Gasteiger partial charge on any atom is 0.221 e. The number of hydrogen-bond acceptors (Lipinski definition) is 4. The van der Waals surface area contributed by atoms with Crippen molar-refractivity contribution in [3.63, 3.8) is 0 Å². The van der Waals surface area contributed by atoms with Gasteiger partial charge in [-0.15, -0.1) is 0 Å². The first kappa shape index (κ1) is 16.8. The first-order valence-corrected chi connectivity index (χ1v) is 8.70. The summed E-state index contributed by atoms with van der Waals surface area (Å²) in [5, 5.41) is 10.6. The number of fused-ring (bicyclic) bond motifs is 1. The molecule has 0 saturated carbocycles. The Labute approximate surface area is 156 Å². The summed E-state index contributed by atoms with van der Waals surface area (Å²) in [5.74, 6) is 0.755. The van der Waals surface area contributed by atoms with Gasteiger partial charge in [-0.05, 0) is 17.7 Å². The van der Waals surface area contributed by atoms with E-state index in [0.717, 1.165) is 28.4 Å². The normalized spacial score (nSPS) is 10.7. The molecule has 2 aromatic carbocycles. The molecule has 0 unspecified atom stereocenters. The number of rotatable bonds is 5. The summed E-state index contributed by atoms with van der Waals surface area (Å²) in [6.45, 7) is 2.18. The molecule has 27 heavy (non-hydrogen) atoms. The van der Waals surface area contributed by atoms with Gasteiger partial charge in [0.2, 0.25) is 5.91 Å². The zero-order chi connectivity index (χ0) is 18.6. The van der Waals surface area contributed by atoms with Crippen LogP contribution in [0, 0.1) is 0 Å². The number of anilines is 2. The molecule has 4 aromatic rings. The Morgan fingerprint density at radius 2 is 1.89 bits per heavy atom. The van der Waals surface area contributed by atoms with E-state index in [4.69, 9.17) is 0 Å². The summed E-state index contributed by atoms with van der Waals surface area (Å²) in [7, 11) is 0. The van der Waals surface area contributed by atoms with Gasteiger partial charge in [0.1, 0.15) is 5.82 Å². The molecule has 2 heterocycles. The molecule has 0 atom stereocenters. The standard InChI is InChI=1S/C21H19N5O/c1-15(27)24-18-9-5-8-17(12-18)19-13-21(26-20(25-19)10-11-23-26)22-14-16-6-3-2-4-7-16/h2-13,22H,14H2,1H3,(H,24,27). The van der Waals surface area contributed by atoms with Crippen LogP contribution >= 0.6 is 0 Å². The minimum atomic E-state index is -0.100. The third kappa shape index (κ3) is 3.79. The third-order valence-corrected chi connectivity index (χ3v) is 4.15. The number of carbonyl (C=O) groups excluding carboxylic acids is 1. The molecule has 0 saturated heterocycles. The maximum absolute atomic E-state index is 11.3. The van der Waals surface area contributed by atoms with Crippen molar-refractivity contribution in [1.29, 1.82) is 0 Å². The van der Waals surface area contributed by atoms with Crippen LogP contribution in [0.4, 0.5) is 11.5 Å². The van der Waals surface area contributed by atoms with Crippen molar-refractivity contribution in [2.75, 3.05) is 10.6 Å². The lowest BCUT2D eigenvalue weighted by atomic mass is 10.1. The predicted molar refractivity (Wildman–Crippen MR) is 106 cm³/mol. The number of hydrogen-bond donors (Lipinski definition) is 2. The third-order valence-electron chi connectivity index (χ3n) is 4.15. The molecule has 6 heteroatoms. The highest BCUT2D eigenvalue weighted by molar-refractivity contribution is 5.89. The van der Waals surface area contributed by atoms with E-state index >= 15 is 0 Å². The van der Waals surface area contributed by atoms with E-state index in [1.807, 2.05) is 54.6 Å². The van der Waals surface area contributed by atoms with E-state index in [0.29, 0.717) is 6.54 Å². The molecule has 0 radical (unpaired) electrons. The predicted octanol–water partition coefficient (Wildman–Crippen LogP) is 3.97. The molecule has 134 valence electrons. The SMILES string of the molecule is CC(=O)Nc1cccc(-c2cc(NCc3ccccc3)n3nccc3n2)c1. The fourth-order valence-corrected chi connectivity index (χ4v) is 2.93. The highest BCUT2D eigenvalue weighted by Crippen LogP contribution is 2.25. The number of benzene rings is 2. The smallest absolute Gasteiger partial charge is 0.221 e. The molecular weight excluding hydrogens is 338 g/mol. The van der Waals surface area contributed by atoms with E-state index in [-0.39, 0.29) is 5.91 Å². The molecule has 0 bridgehead atoms. The quantitative estimate of drug-likeness (QED) is 0.567. The number of carbonyl (C=O) groups is 1. The van der Waals surface area contributed by atoms with Gasteiger partial charge in [-0.25, -0.2) is 4.98 Å². The number of aromatic nitrogens is 3. The Kier molecular flexibility index (Phi) is 4.53. The molecule has 4 rings (SSSR count). The van der Waals surface area contributed by atoms with Crippen molar-refractivity contribution in [3.05, 3.63) is 78.5 Å². The van der Waals surface area contributed by atoms with E-state index in [9.17, 15) is 4.79 Å². The van der Waals surface area contributed by atoms with Crippen LogP contribution in [-0.2, 0) is 11.3 Å². The van der Waals surface area contributed by atoms with Crippen LogP contribution < -0.4 is 10.6 Å². The number of nitrogens with zero attached hydrogens (tertiary/aromatic N) is 3. The minimum absolute atomic E-state index is 0.100. The summed E-state index contributed by atoms with van der Waals surface area (Å²) < 4.78 is 1.78. The van der Waals surface area contributed by atoms with Crippen molar-refractivity contribution >= 4 is 23.1 Å². The van der Waals surface area contributed by atoms with Gasteiger partial charge < -0.3 is 10.6 Å². The van der Waals surface area contributed by atoms with Crippen molar-refractivity contribution in [2.24, 2.45) is 0 Å². The number of amides is 1. The van der Waals surface area contributed by atoms with E-state index in [1.165, 1.54) is 12.5 Å². The highest BCUT2D eigenvalue weighted by atomic mass is 16.1. The second-order valence-electron chi connectivity index (χ2n) is 6.23. The summed E-state index contributed by atoms with van der Waals surface area (Å²) in [4.78, 5) is 16.0. The van der Waals surface area contributed by atoms with Gasteiger partial charge in [-0.3, -0.25) is 4.79 Å². The summed E-state index contributed by atoms with van der Waals surface area (Å²) >= 11 is 0. The Balaban J connectivity index is 1.69. The van der Waals surface area contributed by atoms with Gasteiger partial charge >= 0.3 is 0 Å². The molecule has 0 aliphatic rings. The van der Waals surface area contributed by atoms with E-state index < -0.39 is 0 Å². The zero-order valence-electron chi connectivity index (χ0n) is 14.9. The largest absolute Gasteiger partial charge is 0.366 e. The Bertz CT molecular complexity index is 1090. The van der Waals surface area contributed by atoms with Crippen LogP contribution in [0.1, 0.15) is 12.5 Å². The number of nitrogens with one attached hydrogen (secondary N) is 2. The molecule has 6 nitrogen and oxygen atoms in total. The van der Waals surface area contributed by atoms with Crippen molar-refractivity contribution in [3.8, 4) is 11.3 Å². The summed E-state index contributed by atoms with van der Waals surface area (Å²) in [5.41, 5.74) is 4.42. The average molecular weight is 357 g/mol. The Morgan fingerprint density at radius 1 is 1.04 bits per heavy atom. The zero-order valence-corrected chi connectivity index (χ0v) is 14.9. The van der Waals surface area contributed by atoms with Gasteiger partial charge in [0.25, 0.3) is 0 Å². The van der Waals surface area contributed by atoms with Crippen molar-refractivity contribution in [2.45, 2.75) is 13.5 Å². The van der Waals surface area contributed by atoms with Crippen LogP contribution in [0.2, 0.25) is 0 Å². The van der Waals surface area contributed by atoms with Gasteiger partial charge in [-0.2, -0.15) is 9.61 Å². The molecule has 0 spiro atoms. The Hall–Kier alpha value is -3.67. The first-order valence-electron chi connectivity index (χ1n) is 8.70. The molecule has 1 amide bonds. The van der Waals surface area contributed by atoms with Crippen LogP contribution in [0.15, 0.2) is 72.9 Å². The van der Waals surface area contributed by atoms with Crippen molar-refractivity contribution in [1.82, 2.24) is 14.6 Å². The van der Waals surface area contributed by atoms with Gasteiger partial charge in [0.05, 0.1) is 11.9 Å². The maximum atomic E-state index is 11.3. The summed E-state index contributed by atoms with van der Waals surface area (Å²) in [6.07, 6.45) is 1.73. The molecule has 0 fully saturated rings. The lowest BCUT2D eigenvalue weighted by Crippen LogP contribution is -2.07. The van der Waals surface area contributed by atoms with Crippen molar-refractivity contribution < 1.29 is 4.79 Å². The lowest BCUT2D eigenvalue weighted by Gasteiger charge is -2.11. The first-order chi connectivity index (χ1) is 13.2. The van der Waals surface area contributed by atoms with E-state index in [2.05, 4.69) is 32.8 Å². The Morgan fingerprint density at radius 3 is 2.70 bits per heavy atom. The van der Waals surface area contributed by atoms with Crippen LogP contribution in [0.25, 0.3) is 16.9 Å². The highest BCUT2D eigenvalue weighted by Gasteiger charge is 2.09. The molecule has 0 aliphatic carbocycles. The molecule has 2 aromatic heterocycles. The van der Waals surface area contributed by atoms with Crippen LogP contribution in [-0.4, -0.2) is 20.5 Å². The van der Waals surface area contributed by atoms with Crippen LogP contribution in [0.3, 0.4) is 0 Å². The summed E-state index contributed by atoms with van der Waals surface area (Å²) in [6, 6.07) is 21.7. The lowest BCUT2D eigenvalue weighted by molar-refractivity contribution is -0.114. The van der Waals surface area contributed by atoms with E-state index in [1.54, 1.807) is 10.7 Å². The average Bonchev–Trinajstić information content (AvgIpc) is 3.15. The monoisotopic (exact) mass is 357 g/mol. The van der Waals surface area contributed by atoms with Gasteiger partial charge in [0, 0.05) is 36.9 Å². The van der Waals surface area contributed by atoms with Gasteiger partial charge in [-0.1, -0.05) is 42.5 Å². The second-order valence-corrected chi connectivity index (χ2v) is 6.23. The molecule has 2 N–H and O–H groups in total.